The molecule has 0 aromatic heterocycles. The zero-order chi connectivity index (χ0) is 15.2. The Hall–Kier alpha value is -1.64. The van der Waals surface area contributed by atoms with E-state index < -0.39 is 5.92 Å². The second kappa shape index (κ2) is 7.39. The monoisotopic (exact) mass is 288 g/mol. The van der Waals surface area contributed by atoms with Crippen molar-refractivity contribution in [3.8, 4) is 0 Å². The molecule has 1 aliphatic carbocycles. The standard InChI is InChI=1S/C18H24O3/c1-3-7-16(18(20)21-4-2)17(19)15-11-10-13-8-5-6-9-14(13)12-15/h5-6,8-9,15-16H,3-4,7,10-12H2,1-2H3. The van der Waals surface area contributed by atoms with Crippen LogP contribution in [0.25, 0.3) is 0 Å². The summed E-state index contributed by atoms with van der Waals surface area (Å²) >= 11 is 0. The van der Waals surface area contributed by atoms with Crippen LogP contribution >= 0.6 is 0 Å². The van der Waals surface area contributed by atoms with Gasteiger partial charge in [-0.2, -0.15) is 0 Å². The van der Waals surface area contributed by atoms with Gasteiger partial charge in [-0.3, -0.25) is 9.59 Å². The summed E-state index contributed by atoms with van der Waals surface area (Å²) in [6.07, 6.45) is 3.94. The number of Topliss-reactive ketones (excluding diaryl/α,β-unsaturated/α-hetero) is 1. The zero-order valence-electron chi connectivity index (χ0n) is 12.9. The second-order valence-electron chi connectivity index (χ2n) is 5.70. The molecule has 3 heteroatoms. The summed E-state index contributed by atoms with van der Waals surface area (Å²) in [5, 5.41) is 0. The Morgan fingerprint density at radius 3 is 2.62 bits per heavy atom. The lowest BCUT2D eigenvalue weighted by atomic mass is 9.77. The number of carbonyl (C=O) groups is 2. The van der Waals surface area contributed by atoms with Gasteiger partial charge in [0, 0.05) is 5.92 Å². The third-order valence-electron chi connectivity index (χ3n) is 4.24. The van der Waals surface area contributed by atoms with Crippen LogP contribution in [0.2, 0.25) is 0 Å². The largest absolute Gasteiger partial charge is 0.465 e. The number of ether oxygens (including phenoxy) is 1. The van der Waals surface area contributed by atoms with E-state index in [4.69, 9.17) is 4.74 Å². The van der Waals surface area contributed by atoms with Gasteiger partial charge < -0.3 is 4.74 Å². The lowest BCUT2D eigenvalue weighted by Crippen LogP contribution is -2.34. The van der Waals surface area contributed by atoms with E-state index in [2.05, 4.69) is 12.1 Å². The van der Waals surface area contributed by atoms with E-state index in [1.54, 1.807) is 6.92 Å². The smallest absolute Gasteiger partial charge is 0.316 e. The van der Waals surface area contributed by atoms with Crippen molar-refractivity contribution in [3.63, 3.8) is 0 Å². The van der Waals surface area contributed by atoms with E-state index in [1.807, 2.05) is 19.1 Å². The lowest BCUT2D eigenvalue weighted by Gasteiger charge is -2.26. The maximum absolute atomic E-state index is 12.7. The molecule has 2 unspecified atom stereocenters. The molecular formula is C18H24O3. The predicted molar refractivity (Wildman–Crippen MR) is 82.0 cm³/mol. The average Bonchev–Trinajstić information content (AvgIpc) is 2.51. The van der Waals surface area contributed by atoms with Gasteiger partial charge in [0.05, 0.1) is 6.61 Å². The molecule has 2 atom stereocenters. The summed E-state index contributed by atoms with van der Waals surface area (Å²) in [4.78, 5) is 24.7. The molecule has 0 radical (unpaired) electrons. The number of hydrogen-bond acceptors (Lipinski definition) is 3. The van der Waals surface area contributed by atoms with E-state index in [0.29, 0.717) is 13.0 Å². The molecule has 0 fully saturated rings. The Bertz CT molecular complexity index is 507. The van der Waals surface area contributed by atoms with Crippen molar-refractivity contribution in [2.24, 2.45) is 11.8 Å². The molecule has 2 rings (SSSR count). The van der Waals surface area contributed by atoms with Gasteiger partial charge in [0.15, 0.2) is 5.78 Å². The van der Waals surface area contributed by atoms with Gasteiger partial charge in [0.2, 0.25) is 0 Å². The third kappa shape index (κ3) is 3.72. The number of fused-ring (bicyclic) bond motifs is 1. The van der Waals surface area contributed by atoms with Crippen LogP contribution < -0.4 is 0 Å². The summed E-state index contributed by atoms with van der Waals surface area (Å²) in [5.41, 5.74) is 2.59. The van der Waals surface area contributed by atoms with Crippen LogP contribution in [0.4, 0.5) is 0 Å². The fourth-order valence-corrected chi connectivity index (χ4v) is 3.13. The van der Waals surface area contributed by atoms with Crippen LogP contribution in [0.5, 0.6) is 0 Å². The molecule has 0 saturated heterocycles. The van der Waals surface area contributed by atoms with Crippen molar-refractivity contribution >= 4 is 11.8 Å². The van der Waals surface area contributed by atoms with Gasteiger partial charge in [-0.25, -0.2) is 0 Å². The molecule has 1 aliphatic rings. The molecule has 1 aromatic carbocycles. The van der Waals surface area contributed by atoms with E-state index in [-0.39, 0.29) is 17.7 Å². The topological polar surface area (TPSA) is 43.4 Å². The first-order valence-corrected chi connectivity index (χ1v) is 7.94. The normalized spacial score (nSPS) is 18.7. The molecule has 0 heterocycles. The summed E-state index contributed by atoms with van der Waals surface area (Å²) in [6.45, 7) is 4.11. The molecule has 21 heavy (non-hydrogen) atoms. The Labute approximate surface area is 126 Å². The quantitative estimate of drug-likeness (QED) is 0.595. The van der Waals surface area contributed by atoms with Crippen LogP contribution in [0.15, 0.2) is 24.3 Å². The molecule has 0 saturated carbocycles. The number of ketones is 1. The Morgan fingerprint density at radius 2 is 1.95 bits per heavy atom. The van der Waals surface area contributed by atoms with Gasteiger partial charge in [0.25, 0.3) is 0 Å². The van der Waals surface area contributed by atoms with E-state index in [9.17, 15) is 9.59 Å². The molecule has 0 amide bonds. The number of carbonyl (C=O) groups excluding carboxylic acids is 2. The molecular weight excluding hydrogens is 264 g/mol. The summed E-state index contributed by atoms with van der Waals surface area (Å²) in [5.74, 6) is -0.890. The van der Waals surface area contributed by atoms with E-state index >= 15 is 0 Å². The van der Waals surface area contributed by atoms with Crippen molar-refractivity contribution < 1.29 is 14.3 Å². The van der Waals surface area contributed by atoms with Gasteiger partial charge >= 0.3 is 5.97 Å². The maximum Gasteiger partial charge on any atom is 0.316 e. The van der Waals surface area contributed by atoms with Gasteiger partial charge in [-0.1, -0.05) is 37.6 Å². The highest BCUT2D eigenvalue weighted by atomic mass is 16.5. The third-order valence-corrected chi connectivity index (χ3v) is 4.24. The molecule has 0 spiro atoms. The minimum atomic E-state index is -0.579. The van der Waals surface area contributed by atoms with Gasteiger partial charge in [0.1, 0.15) is 5.92 Å². The van der Waals surface area contributed by atoms with Crippen LogP contribution in [0.3, 0.4) is 0 Å². The van der Waals surface area contributed by atoms with Crippen molar-refractivity contribution in [3.05, 3.63) is 35.4 Å². The SMILES string of the molecule is CCCC(C(=O)OCC)C(=O)C1CCc2ccccc2C1. The first-order valence-electron chi connectivity index (χ1n) is 7.94. The number of aryl methyl sites for hydroxylation is 1. The lowest BCUT2D eigenvalue weighted by molar-refractivity contribution is -0.153. The zero-order valence-corrected chi connectivity index (χ0v) is 12.9. The minimum Gasteiger partial charge on any atom is -0.465 e. The first-order chi connectivity index (χ1) is 10.2. The second-order valence-corrected chi connectivity index (χ2v) is 5.70. The Balaban J connectivity index is 2.09. The van der Waals surface area contributed by atoms with Crippen LogP contribution in [-0.4, -0.2) is 18.4 Å². The van der Waals surface area contributed by atoms with Crippen LogP contribution in [0.1, 0.15) is 44.2 Å². The molecule has 114 valence electrons. The molecule has 0 bridgehead atoms. The summed E-state index contributed by atoms with van der Waals surface area (Å²) in [7, 11) is 0. The Morgan fingerprint density at radius 1 is 1.24 bits per heavy atom. The molecule has 0 aliphatic heterocycles. The highest BCUT2D eigenvalue weighted by Crippen LogP contribution is 2.29. The average molecular weight is 288 g/mol. The van der Waals surface area contributed by atoms with Crippen LogP contribution in [0, 0.1) is 11.8 Å². The number of esters is 1. The fraction of sp³-hybridized carbons (Fsp3) is 0.556. The maximum atomic E-state index is 12.7. The van der Waals surface area contributed by atoms with Crippen molar-refractivity contribution in [1.29, 1.82) is 0 Å². The Kier molecular flexibility index (Phi) is 5.54. The van der Waals surface area contributed by atoms with Crippen LogP contribution in [-0.2, 0) is 27.2 Å². The summed E-state index contributed by atoms with van der Waals surface area (Å²) < 4.78 is 5.08. The number of rotatable bonds is 6. The molecule has 1 aromatic rings. The fourth-order valence-electron chi connectivity index (χ4n) is 3.13. The highest BCUT2D eigenvalue weighted by Gasteiger charge is 2.34. The number of benzene rings is 1. The van der Waals surface area contributed by atoms with E-state index in [0.717, 1.165) is 25.7 Å². The minimum absolute atomic E-state index is 0.0409. The van der Waals surface area contributed by atoms with Crippen molar-refractivity contribution in [2.45, 2.75) is 46.0 Å². The van der Waals surface area contributed by atoms with Crippen molar-refractivity contribution in [2.75, 3.05) is 6.61 Å². The molecule has 3 nitrogen and oxygen atoms in total. The summed E-state index contributed by atoms with van der Waals surface area (Å²) in [6, 6.07) is 8.28. The van der Waals surface area contributed by atoms with Crippen molar-refractivity contribution in [1.82, 2.24) is 0 Å². The van der Waals surface area contributed by atoms with E-state index in [1.165, 1.54) is 11.1 Å². The highest BCUT2D eigenvalue weighted by molar-refractivity contribution is 6.00. The van der Waals surface area contributed by atoms with Gasteiger partial charge in [-0.15, -0.1) is 0 Å². The van der Waals surface area contributed by atoms with Gasteiger partial charge in [-0.05, 0) is 43.7 Å². The first kappa shape index (κ1) is 15.7. The number of hydrogen-bond donors (Lipinski definition) is 0. The molecule has 0 N–H and O–H groups in total. The predicted octanol–water partition coefficient (Wildman–Crippen LogP) is 3.34.